The summed E-state index contributed by atoms with van der Waals surface area (Å²) in [5.74, 6) is 0.939. The van der Waals surface area contributed by atoms with Crippen LogP contribution in [0.3, 0.4) is 0 Å². The fraction of sp³-hybridized carbons (Fsp3) is 0.429. The summed E-state index contributed by atoms with van der Waals surface area (Å²) in [6.07, 6.45) is 0.622. The van der Waals surface area contributed by atoms with Crippen molar-refractivity contribution in [3.05, 3.63) is 58.4 Å². The molecule has 154 valence electrons. The molecular formula is C21H27ClFNO3S. The molecule has 0 aliphatic rings. The van der Waals surface area contributed by atoms with Crippen LogP contribution in [-0.2, 0) is 17.6 Å². The van der Waals surface area contributed by atoms with Crippen LogP contribution in [0.25, 0.3) is 0 Å². The van der Waals surface area contributed by atoms with Crippen LogP contribution in [0.4, 0.5) is 4.39 Å². The maximum absolute atomic E-state index is 14.1. The minimum Gasteiger partial charge on any atom is -0.497 e. The van der Waals surface area contributed by atoms with Gasteiger partial charge in [0.05, 0.1) is 27.9 Å². The summed E-state index contributed by atoms with van der Waals surface area (Å²) in [6, 6.07) is 9.56. The highest BCUT2D eigenvalue weighted by molar-refractivity contribution is 7.84. The van der Waals surface area contributed by atoms with Crippen molar-refractivity contribution in [3.8, 4) is 11.5 Å². The van der Waals surface area contributed by atoms with Gasteiger partial charge in [-0.3, -0.25) is 0 Å². The van der Waals surface area contributed by atoms with Crippen molar-refractivity contribution in [1.29, 1.82) is 0 Å². The van der Waals surface area contributed by atoms with Crippen LogP contribution in [0.1, 0.15) is 51.3 Å². The van der Waals surface area contributed by atoms with Crippen molar-refractivity contribution >= 4 is 22.6 Å². The lowest BCUT2D eigenvalue weighted by atomic mass is 9.99. The number of halogens is 2. The first-order valence-corrected chi connectivity index (χ1v) is 10.6. The van der Waals surface area contributed by atoms with Gasteiger partial charge in [-0.25, -0.2) is 13.3 Å². The molecule has 0 aliphatic heterocycles. The molecule has 7 heteroatoms. The molecule has 2 aromatic rings. The van der Waals surface area contributed by atoms with Crippen LogP contribution >= 0.6 is 11.6 Å². The first-order chi connectivity index (χ1) is 13.2. The molecule has 2 aromatic carbocycles. The van der Waals surface area contributed by atoms with E-state index >= 15 is 0 Å². The van der Waals surface area contributed by atoms with E-state index in [0.29, 0.717) is 23.3 Å². The van der Waals surface area contributed by atoms with E-state index in [4.69, 9.17) is 21.1 Å². The van der Waals surface area contributed by atoms with E-state index < -0.39 is 21.5 Å². The third-order valence-electron chi connectivity index (χ3n) is 4.23. The zero-order valence-electron chi connectivity index (χ0n) is 16.8. The number of nitrogens with one attached hydrogen (secondary N) is 1. The van der Waals surface area contributed by atoms with E-state index in [1.165, 1.54) is 12.1 Å². The van der Waals surface area contributed by atoms with Crippen molar-refractivity contribution < 1.29 is 18.1 Å². The Bertz CT molecular complexity index is 822. The average molecular weight is 428 g/mol. The SMILES string of the molecule is CC[C@H](NS(=O)C(C)(C)C)c1cc(F)cc(Cl)c1COc1ccc(OC)cc1. The second-order valence-electron chi connectivity index (χ2n) is 7.38. The van der Waals surface area contributed by atoms with Gasteiger partial charge in [0.2, 0.25) is 0 Å². The van der Waals surface area contributed by atoms with Gasteiger partial charge < -0.3 is 9.47 Å². The molecule has 0 saturated carbocycles. The van der Waals surface area contributed by atoms with Gasteiger partial charge in [-0.2, -0.15) is 0 Å². The Balaban J connectivity index is 2.29. The largest absolute Gasteiger partial charge is 0.497 e. The average Bonchev–Trinajstić information content (AvgIpc) is 2.64. The van der Waals surface area contributed by atoms with E-state index in [1.54, 1.807) is 31.4 Å². The van der Waals surface area contributed by atoms with Crippen LogP contribution in [0.2, 0.25) is 5.02 Å². The van der Waals surface area contributed by atoms with Crippen molar-refractivity contribution in [1.82, 2.24) is 4.72 Å². The molecule has 0 aromatic heterocycles. The number of benzene rings is 2. The molecule has 0 amide bonds. The quantitative estimate of drug-likeness (QED) is 0.599. The van der Waals surface area contributed by atoms with Gasteiger partial charge in [-0.05, 0) is 69.2 Å². The minimum atomic E-state index is -1.30. The van der Waals surface area contributed by atoms with E-state index in [2.05, 4.69) is 4.72 Å². The lowest BCUT2D eigenvalue weighted by molar-refractivity contribution is 0.303. The van der Waals surface area contributed by atoms with E-state index in [0.717, 1.165) is 5.75 Å². The molecule has 2 atom stereocenters. The van der Waals surface area contributed by atoms with Gasteiger partial charge in [0.15, 0.2) is 0 Å². The summed E-state index contributed by atoms with van der Waals surface area (Å²) in [6.45, 7) is 7.77. The second kappa shape index (κ2) is 9.72. The third-order valence-corrected chi connectivity index (χ3v) is 6.17. The number of hydrogen-bond acceptors (Lipinski definition) is 3. The molecule has 0 aliphatic carbocycles. The van der Waals surface area contributed by atoms with Crippen LogP contribution in [-0.4, -0.2) is 16.1 Å². The van der Waals surface area contributed by atoms with Gasteiger partial charge >= 0.3 is 0 Å². The zero-order valence-corrected chi connectivity index (χ0v) is 18.4. The number of methoxy groups -OCH3 is 1. The Kier molecular flexibility index (Phi) is 7.87. The minimum absolute atomic E-state index is 0.168. The summed E-state index contributed by atoms with van der Waals surface area (Å²) in [5, 5.41) is 0.283. The van der Waals surface area contributed by atoms with E-state index in [1.807, 2.05) is 27.7 Å². The molecular weight excluding hydrogens is 401 g/mol. The predicted octanol–water partition coefficient (Wildman–Crippen LogP) is 5.57. The molecule has 0 saturated heterocycles. The molecule has 28 heavy (non-hydrogen) atoms. The second-order valence-corrected chi connectivity index (χ2v) is 9.78. The molecule has 2 rings (SSSR count). The summed E-state index contributed by atoms with van der Waals surface area (Å²) in [4.78, 5) is 0. The lowest BCUT2D eigenvalue weighted by Gasteiger charge is -2.26. The maximum atomic E-state index is 14.1. The van der Waals surface area contributed by atoms with Gasteiger partial charge in [-0.15, -0.1) is 0 Å². The summed E-state index contributed by atoms with van der Waals surface area (Å²) in [5.41, 5.74) is 1.32. The van der Waals surface area contributed by atoms with Crippen molar-refractivity contribution in [2.45, 2.75) is 51.5 Å². The van der Waals surface area contributed by atoms with Crippen molar-refractivity contribution in [2.75, 3.05) is 7.11 Å². The van der Waals surface area contributed by atoms with Gasteiger partial charge in [0.25, 0.3) is 0 Å². The van der Waals surface area contributed by atoms with Crippen LogP contribution < -0.4 is 14.2 Å². The Hall–Kier alpha value is -1.63. The Morgan fingerprint density at radius 3 is 2.32 bits per heavy atom. The fourth-order valence-electron chi connectivity index (χ4n) is 2.59. The Labute approximate surface area is 174 Å². The summed E-state index contributed by atoms with van der Waals surface area (Å²) in [7, 11) is 0.294. The standard InChI is InChI=1S/C21H27ClFNO3S/c1-6-20(24-28(25)21(2,3)4)17-11-14(23)12-19(22)18(17)13-27-16-9-7-15(26-5)8-10-16/h7-12,20,24H,6,13H2,1-5H3/t20-,28?/m0/s1. The van der Waals surface area contributed by atoms with Crippen LogP contribution in [0, 0.1) is 5.82 Å². The molecule has 0 spiro atoms. The van der Waals surface area contributed by atoms with Gasteiger partial charge in [-0.1, -0.05) is 18.5 Å². The molecule has 4 nitrogen and oxygen atoms in total. The molecule has 0 radical (unpaired) electrons. The normalized spacial score (nSPS) is 13.8. The van der Waals surface area contributed by atoms with Gasteiger partial charge in [0.1, 0.15) is 23.9 Å². The molecule has 1 N–H and O–H groups in total. The monoisotopic (exact) mass is 427 g/mol. The number of hydrogen-bond donors (Lipinski definition) is 1. The maximum Gasteiger partial charge on any atom is 0.125 e. The zero-order chi connectivity index (χ0) is 20.9. The summed E-state index contributed by atoms with van der Waals surface area (Å²) >= 11 is 6.33. The van der Waals surface area contributed by atoms with Crippen molar-refractivity contribution in [2.24, 2.45) is 0 Å². The Morgan fingerprint density at radius 2 is 1.79 bits per heavy atom. The first-order valence-electron chi connectivity index (χ1n) is 9.08. The van der Waals surface area contributed by atoms with Gasteiger partial charge in [0, 0.05) is 11.6 Å². The smallest absolute Gasteiger partial charge is 0.125 e. The molecule has 0 bridgehead atoms. The molecule has 1 unspecified atom stereocenters. The summed E-state index contributed by atoms with van der Waals surface area (Å²) < 4.78 is 40.3. The van der Waals surface area contributed by atoms with Crippen molar-refractivity contribution in [3.63, 3.8) is 0 Å². The van der Waals surface area contributed by atoms with E-state index in [9.17, 15) is 8.60 Å². The number of ether oxygens (including phenoxy) is 2. The van der Waals surface area contributed by atoms with Crippen LogP contribution in [0.5, 0.6) is 11.5 Å². The highest BCUT2D eigenvalue weighted by Crippen LogP contribution is 2.31. The predicted molar refractivity (Wildman–Crippen MR) is 113 cm³/mol. The fourth-order valence-corrected chi connectivity index (χ4v) is 3.76. The highest BCUT2D eigenvalue weighted by Gasteiger charge is 2.25. The highest BCUT2D eigenvalue weighted by atomic mass is 35.5. The third kappa shape index (κ3) is 5.93. The first kappa shape index (κ1) is 22.7. The molecule has 0 fully saturated rings. The Morgan fingerprint density at radius 1 is 1.18 bits per heavy atom. The topological polar surface area (TPSA) is 47.6 Å². The van der Waals surface area contributed by atoms with E-state index in [-0.39, 0.29) is 17.7 Å². The number of rotatable bonds is 8. The lowest BCUT2D eigenvalue weighted by Crippen LogP contribution is -2.36. The van der Waals surface area contributed by atoms with Crippen LogP contribution in [0.15, 0.2) is 36.4 Å². The molecule has 0 heterocycles.